The third-order valence-corrected chi connectivity index (χ3v) is 5.43. The van der Waals surface area contributed by atoms with Crippen LogP contribution < -0.4 is 4.90 Å². The summed E-state index contributed by atoms with van der Waals surface area (Å²) in [7, 11) is 0. The third kappa shape index (κ3) is 2.35. The van der Waals surface area contributed by atoms with Gasteiger partial charge in [-0.05, 0) is 36.2 Å². The molecule has 4 rings (SSSR count). The van der Waals surface area contributed by atoms with Crippen LogP contribution in [0, 0.1) is 0 Å². The number of benzene rings is 3. The minimum atomic E-state index is -0.819. The molecule has 3 aromatic carbocycles. The molecule has 0 N–H and O–H groups in total. The highest BCUT2D eigenvalue weighted by atomic mass is 16.2. The second-order valence-corrected chi connectivity index (χ2v) is 7.03. The summed E-state index contributed by atoms with van der Waals surface area (Å²) in [6.45, 7) is 4.47. The van der Waals surface area contributed by atoms with Gasteiger partial charge in [-0.15, -0.1) is 0 Å². The number of ketones is 1. The Morgan fingerprint density at radius 1 is 0.962 bits per heavy atom. The van der Waals surface area contributed by atoms with Gasteiger partial charge in [0.1, 0.15) is 0 Å². The molecule has 1 heterocycles. The third-order valence-electron chi connectivity index (χ3n) is 5.43. The molecule has 3 heteroatoms. The van der Waals surface area contributed by atoms with Gasteiger partial charge in [0.05, 0.1) is 5.41 Å². The van der Waals surface area contributed by atoms with E-state index < -0.39 is 5.41 Å². The molecule has 0 aromatic heterocycles. The first-order chi connectivity index (χ1) is 12.6. The van der Waals surface area contributed by atoms with E-state index in [1.807, 2.05) is 80.6 Å². The number of Topliss-reactive ketones (excluding diaryl/α,β-unsaturated/α-hetero) is 1. The molecule has 0 radical (unpaired) electrons. The molecule has 0 bridgehead atoms. The number of hydrogen-bond acceptors (Lipinski definition) is 2. The largest absolute Gasteiger partial charge is 0.312 e. The van der Waals surface area contributed by atoms with E-state index in [1.165, 1.54) is 0 Å². The first kappa shape index (κ1) is 16.5. The second kappa shape index (κ2) is 6.10. The van der Waals surface area contributed by atoms with Crippen molar-refractivity contribution < 1.29 is 9.59 Å². The standard InChI is InChI=1S/C23H21NO2/c1-3-24-20-14-7-6-13-19(20)23(2,22(24)26)15-21(25)18-12-8-10-16-9-4-5-11-17(16)18/h4-14H,3,15H2,1-2H3. The Kier molecular flexibility index (Phi) is 3.87. The molecule has 0 aliphatic carbocycles. The first-order valence-corrected chi connectivity index (χ1v) is 8.98. The first-order valence-electron chi connectivity index (χ1n) is 8.98. The number of para-hydroxylation sites is 1. The van der Waals surface area contributed by atoms with Gasteiger partial charge in [0, 0.05) is 24.2 Å². The fourth-order valence-corrected chi connectivity index (χ4v) is 4.07. The number of likely N-dealkylation sites (N-methyl/N-ethyl adjacent to an activating group) is 1. The van der Waals surface area contributed by atoms with E-state index in [0.29, 0.717) is 12.1 Å². The van der Waals surface area contributed by atoms with Crippen molar-refractivity contribution in [1.82, 2.24) is 0 Å². The molecule has 0 saturated heterocycles. The molecule has 1 amide bonds. The summed E-state index contributed by atoms with van der Waals surface area (Å²) in [5.74, 6) is 0.0141. The van der Waals surface area contributed by atoms with Crippen LogP contribution >= 0.6 is 0 Å². The average Bonchev–Trinajstić information content (AvgIpc) is 2.88. The molecule has 1 aliphatic rings. The predicted octanol–water partition coefficient (Wildman–Crippen LogP) is 4.74. The lowest BCUT2D eigenvalue weighted by Crippen LogP contribution is -2.39. The van der Waals surface area contributed by atoms with Crippen LogP contribution in [0.25, 0.3) is 10.8 Å². The Labute approximate surface area is 153 Å². The second-order valence-electron chi connectivity index (χ2n) is 7.03. The zero-order valence-corrected chi connectivity index (χ0v) is 15.0. The Bertz CT molecular complexity index is 1020. The van der Waals surface area contributed by atoms with Crippen molar-refractivity contribution in [1.29, 1.82) is 0 Å². The van der Waals surface area contributed by atoms with Crippen LogP contribution in [-0.2, 0) is 10.2 Å². The van der Waals surface area contributed by atoms with Crippen LogP contribution in [0.15, 0.2) is 66.7 Å². The highest BCUT2D eigenvalue weighted by Crippen LogP contribution is 2.44. The highest BCUT2D eigenvalue weighted by molar-refractivity contribution is 6.14. The van der Waals surface area contributed by atoms with Crippen molar-refractivity contribution in [3.05, 3.63) is 77.9 Å². The molecular formula is C23H21NO2. The van der Waals surface area contributed by atoms with Crippen molar-refractivity contribution >= 4 is 28.2 Å². The molecule has 0 fully saturated rings. The topological polar surface area (TPSA) is 37.4 Å². The van der Waals surface area contributed by atoms with E-state index in [9.17, 15) is 9.59 Å². The number of anilines is 1. The van der Waals surface area contributed by atoms with Crippen molar-refractivity contribution in [2.24, 2.45) is 0 Å². The minimum absolute atomic E-state index is 0.00501. The van der Waals surface area contributed by atoms with Gasteiger partial charge >= 0.3 is 0 Å². The molecule has 26 heavy (non-hydrogen) atoms. The molecule has 1 unspecified atom stereocenters. The molecule has 3 aromatic rings. The molecular weight excluding hydrogens is 322 g/mol. The lowest BCUT2D eigenvalue weighted by Gasteiger charge is -2.23. The maximum atomic E-state index is 13.2. The number of carbonyl (C=O) groups is 2. The number of fused-ring (bicyclic) bond motifs is 2. The Balaban J connectivity index is 1.77. The Morgan fingerprint density at radius 3 is 2.46 bits per heavy atom. The number of rotatable bonds is 4. The Morgan fingerprint density at radius 2 is 1.65 bits per heavy atom. The van der Waals surface area contributed by atoms with Crippen LogP contribution in [0.3, 0.4) is 0 Å². The van der Waals surface area contributed by atoms with E-state index in [4.69, 9.17) is 0 Å². The quantitative estimate of drug-likeness (QED) is 0.642. The number of amides is 1. The fraction of sp³-hybridized carbons (Fsp3) is 0.217. The zero-order chi connectivity index (χ0) is 18.3. The van der Waals surface area contributed by atoms with Crippen molar-refractivity contribution in [2.75, 3.05) is 11.4 Å². The summed E-state index contributed by atoms with van der Waals surface area (Å²) in [5.41, 5.74) is 1.74. The molecule has 0 saturated carbocycles. The van der Waals surface area contributed by atoms with Crippen molar-refractivity contribution in [3.8, 4) is 0 Å². The number of carbonyl (C=O) groups excluding carboxylic acids is 2. The molecule has 130 valence electrons. The monoisotopic (exact) mass is 343 g/mol. The van der Waals surface area contributed by atoms with E-state index in [2.05, 4.69) is 0 Å². The number of nitrogens with zero attached hydrogens (tertiary/aromatic N) is 1. The molecule has 3 nitrogen and oxygen atoms in total. The minimum Gasteiger partial charge on any atom is -0.312 e. The van der Waals surface area contributed by atoms with Gasteiger partial charge in [0.15, 0.2) is 5.78 Å². The summed E-state index contributed by atoms with van der Waals surface area (Å²) in [4.78, 5) is 28.1. The maximum Gasteiger partial charge on any atom is 0.237 e. The fourth-order valence-electron chi connectivity index (χ4n) is 4.07. The van der Waals surface area contributed by atoms with E-state index in [-0.39, 0.29) is 18.1 Å². The van der Waals surface area contributed by atoms with E-state index in [0.717, 1.165) is 22.0 Å². The zero-order valence-electron chi connectivity index (χ0n) is 15.0. The van der Waals surface area contributed by atoms with Crippen LogP contribution in [0.4, 0.5) is 5.69 Å². The van der Waals surface area contributed by atoms with Crippen molar-refractivity contribution in [2.45, 2.75) is 25.7 Å². The molecule has 1 atom stereocenters. The summed E-state index contributed by atoms with van der Waals surface area (Å²) in [6, 6.07) is 21.4. The normalized spacial score (nSPS) is 19.0. The van der Waals surface area contributed by atoms with E-state index in [1.54, 1.807) is 4.90 Å². The SMILES string of the molecule is CCN1C(=O)C(C)(CC(=O)c2cccc3ccccc23)c2ccccc21. The van der Waals surface area contributed by atoms with Gasteiger partial charge in [0.25, 0.3) is 0 Å². The van der Waals surface area contributed by atoms with Gasteiger partial charge < -0.3 is 4.90 Å². The van der Waals surface area contributed by atoms with Crippen LogP contribution in [0.5, 0.6) is 0 Å². The molecule has 1 aliphatic heterocycles. The Hall–Kier alpha value is -2.94. The summed E-state index contributed by atoms with van der Waals surface area (Å²) >= 11 is 0. The molecule has 0 spiro atoms. The maximum absolute atomic E-state index is 13.2. The number of hydrogen-bond donors (Lipinski definition) is 0. The summed E-state index contributed by atoms with van der Waals surface area (Å²) < 4.78 is 0. The smallest absolute Gasteiger partial charge is 0.237 e. The van der Waals surface area contributed by atoms with Gasteiger partial charge in [-0.1, -0.05) is 60.7 Å². The van der Waals surface area contributed by atoms with Crippen LogP contribution in [0.2, 0.25) is 0 Å². The predicted molar refractivity (Wildman–Crippen MR) is 105 cm³/mol. The van der Waals surface area contributed by atoms with Gasteiger partial charge in [-0.2, -0.15) is 0 Å². The van der Waals surface area contributed by atoms with Gasteiger partial charge in [-0.25, -0.2) is 0 Å². The van der Waals surface area contributed by atoms with Gasteiger partial charge in [0.2, 0.25) is 5.91 Å². The van der Waals surface area contributed by atoms with E-state index >= 15 is 0 Å². The summed E-state index contributed by atoms with van der Waals surface area (Å²) in [5, 5.41) is 1.98. The van der Waals surface area contributed by atoms with Crippen LogP contribution in [0.1, 0.15) is 36.2 Å². The lowest BCUT2D eigenvalue weighted by molar-refractivity contribution is -0.122. The summed E-state index contributed by atoms with van der Waals surface area (Å²) in [6.07, 6.45) is 0.174. The van der Waals surface area contributed by atoms with Crippen molar-refractivity contribution in [3.63, 3.8) is 0 Å². The van der Waals surface area contributed by atoms with Gasteiger partial charge in [-0.3, -0.25) is 9.59 Å². The highest BCUT2D eigenvalue weighted by Gasteiger charge is 2.47. The van der Waals surface area contributed by atoms with Crippen LogP contribution in [-0.4, -0.2) is 18.2 Å². The lowest BCUT2D eigenvalue weighted by atomic mass is 9.78. The average molecular weight is 343 g/mol.